The quantitative estimate of drug-likeness (QED) is 0.549. The van der Waals surface area contributed by atoms with E-state index < -0.39 is 17.9 Å². The smallest absolute Gasteiger partial charge is 0.262 e. The predicted octanol–water partition coefficient (Wildman–Crippen LogP) is 2.88. The first-order valence-electron chi connectivity index (χ1n) is 10.2. The number of hydrogen-bond acceptors (Lipinski definition) is 5. The summed E-state index contributed by atoms with van der Waals surface area (Å²) in [6.07, 6.45) is 2.34. The molecular formula is C23H24N4O3S. The summed E-state index contributed by atoms with van der Waals surface area (Å²) in [7, 11) is 0. The van der Waals surface area contributed by atoms with Crippen LogP contribution in [0.5, 0.6) is 0 Å². The highest BCUT2D eigenvalue weighted by molar-refractivity contribution is 7.98. The van der Waals surface area contributed by atoms with Gasteiger partial charge in [0.15, 0.2) is 0 Å². The van der Waals surface area contributed by atoms with Crippen molar-refractivity contribution in [2.75, 3.05) is 18.6 Å². The van der Waals surface area contributed by atoms with E-state index in [1.54, 1.807) is 36.0 Å². The Balaban J connectivity index is 1.48. The summed E-state index contributed by atoms with van der Waals surface area (Å²) in [5.41, 5.74) is 2.63. The van der Waals surface area contributed by atoms with E-state index in [0.717, 1.165) is 21.8 Å². The van der Waals surface area contributed by atoms with E-state index in [4.69, 9.17) is 0 Å². The van der Waals surface area contributed by atoms with E-state index in [0.29, 0.717) is 36.4 Å². The van der Waals surface area contributed by atoms with Gasteiger partial charge in [0.25, 0.3) is 11.8 Å². The maximum atomic E-state index is 13.1. The van der Waals surface area contributed by atoms with Crippen molar-refractivity contribution in [1.82, 2.24) is 19.8 Å². The summed E-state index contributed by atoms with van der Waals surface area (Å²) in [5, 5.41) is 2.92. The van der Waals surface area contributed by atoms with Gasteiger partial charge in [0.05, 0.1) is 22.2 Å². The fourth-order valence-electron chi connectivity index (χ4n) is 3.98. The van der Waals surface area contributed by atoms with E-state index in [1.165, 1.54) is 0 Å². The Hall–Kier alpha value is -3.13. The van der Waals surface area contributed by atoms with Crippen LogP contribution in [-0.4, -0.2) is 56.8 Å². The van der Waals surface area contributed by atoms with Gasteiger partial charge < -0.3 is 9.88 Å². The minimum atomic E-state index is -0.833. The molecule has 0 saturated carbocycles. The molecule has 8 heteroatoms. The summed E-state index contributed by atoms with van der Waals surface area (Å²) < 4.78 is 2.05. The second-order valence-corrected chi connectivity index (χ2v) is 8.40. The van der Waals surface area contributed by atoms with Crippen LogP contribution in [0.3, 0.4) is 0 Å². The second-order valence-electron chi connectivity index (χ2n) is 7.41. The van der Waals surface area contributed by atoms with Crippen LogP contribution in [0, 0.1) is 6.92 Å². The van der Waals surface area contributed by atoms with Gasteiger partial charge in [-0.25, -0.2) is 4.98 Å². The van der Waals surface area contributed by atoms with Gasteiger partial charge in [-0.2, -0.15) is 11.8 Å². The average Bonchev–Trinajstić information content (AvgIpc) is 3.23. The SMILES string of the molecule is CSCCC(C(=O)NCCn1c(C)nc2ccccc21)N1C(=O)c2ccccc2C1=O. The molecule has 1 aromatic heterocycles. The van der Waals surface area contributed by atoms with E-state index in [1.807, 2.05) is 37.4 Å². The Labute approximate surface area is 184 Å². The Kier molecular flexibility index (Phi) is 6.08. The fraction of sp³-hybridized carbons (Fsp3) is 0.304. The molecule has 0 fully saturated rings. The minimum Gasteiger partial charge on any atom is -0.353 e. The molecule has 0 aliphatic carbocycles. The molecule has 3 aromatic rings. The highest BCUT2D eigenvalue weighted by Crippen LogP contribution is 2.26. The minimum absolute atomic E-state index is 0.314. The van der Waals surface area contributed by atoms with Crippen LogP contribution in [0.2, 0.25) is 0 Å². The highest BCUT2D eigenvalue weighted by atomic mass is 32.2. The third kappa shape index (κ3) is 3.95. The van der Waals surface area contributed by atoms with E-state index >= 15 is 0 Å². The molecule has 1 aliphatic heterocycles. The third-order valence-electron chi connectivity index (χ3n) is 5.52. The van der Waals surface area contributed by atoms with Crippen LogP contribution in [0.15, 0.2) is 48.5 Å². The molecule has 2 heterocycles. The number of fused-ring (bicyclic) bond motifs is 2. The summed E-state index contributed by atoms with van der Waals surface area (Å²) in [6.45, 7) is 2.86. The molecule has 31 heavy (non-hydrogen) atoms. The van der Waals surface area contributed by atoms with Gasteiger partial charge in [-0.1, -0.05) is 24.3 Å². The molecule has 0 saturated heterocycles. The van der Waals surface area contributed by atoms with Crippen LogP contribution in [0.1, 0.15) is 33.0 Å². The monoisotopic (exact) mass is 436 g/mol. The Morgan fingerprint density at radius 2 is 1.71 bits per heavy atom. The molecule has 7 nitrogen and oxygen atoms in total. The van der Waals surface area contributed by atoms with Crippen molar-refractivity contribution in [2.24, 2.45) is 0 Å². The van der Waals surface area contributed by atoms with Crippen molar-refractivity contribution in [3.63, 3.8) is 0 Å². The zero-order valence-electron chi connectivity index (χ0n) is 17.5. The molecule has 1 aliphatic rings. The molecule has 1 N–H and O–H groups in total. The topological polar surface area (TPSA) is 84.3 Å². The molecule has 2 aromatic carbocycles. The number of amides is 3. The van der Waals surface area contributed by atoms with E-state index in [2.05, 4.69) is 14.9 Å². The summed E-state index contributed by atoms with van der Waals surface area (Å²) in [6, 6.07) is 13.7. The lowest BCUT2D eigenvalue weighted by Crippen LogP contribution is -2.50. The van der Waals surface area contributed by atoms with Crippen LogP contribution < -0.4 is 5.32 Å². The molecule has 0 bridgehead atoms. The lowest BCUT2D eigenvalue weighted by molar-refractivity contribution is -0.125. The van der Waals surface area contributed by atoms with Crippen molar-refractivity contribution in [1.29, 1.82) is 0 Å². The maximum absolute atomic E-state index is 13.1. The van der Waals surface area contributed by atoms with Crippen molar-refractivity contribution in [3.05, 3.63) is 65.5 Å². The summed E-state index contributed by atoms with van der Waals surface area (Å²) in [5.74, 6) is 0.411. The van der Waals surface area contributed by atoms with Gasteiger partial charge in [0, 0.05) is 13.1 Å². The number of benzene rings is 2. The maximum Gasteiger partial charge on any atom is 0.262 e. The zero-order chi connectivity index (χ0) is 22.0. The number of carbonyl (C=O) groups is 3. The van der Waals surface area contributed by atoms with Crippen LogP contribution in [-0.2, 0) is 11.3 Å². The van der Waals surface area contributed by atoms with Gasteiger partial charge in [0.2, 0.25) is 5.91 Å². The van der Waals surface area contributed by atoms with Gasteiger partial charge in [0.1, 0.15) is 11.9 Å². The van der Waals surface area contributed by atoms with Crippen molar-refractivity contribution < 1.29 is 14.4 Å². The second kappa shape index (κ2) is 8.93. The average molecular weight is 437 g/mol. The predicted molar refractivity (Wildman–Crippen MR) is 121 cm³/mol. The van der Waals surface area contributed by atoms with Crippen molar-refractivity contribution in [2.45, 2.75) is 25.9 Å². The van der Waals surface area contributed by atoms with Gasteiger partial charge in [-0.3, -0.25) is 19.3 Å². The molecule has 1 unspecified atom stereocenters. The first-order chi connectivity index (χ1) is 15.0. The number of rotatable bonds is 8. The molecular weight excluding hydrogens is 412 g/mol. The zero-order valence-corrected chi connectivity index (χ0v) is 18.3. The van der Waals surface area contributed by atoms with Crippen LogP contribution in [0.4, 0.5) is 0 Å². The third-order valence-corrected chi connectivity index (χ3v) is 6.16. The number of aromatic nitrogens is 2. The molecule has 3 amide bonds. The molecule has 4 rings (SSSR count). The van der Waals surface area contributed by atoms with Crippen LogP contribution >= 0.6 is 11.8 Å². The summed E-state index contributed by atoms with van der Waals surface area (Å²) in [4.78, 5) is 44.5. The number of imidazole rings is 1. The number of hydrogen-bond donors (Lipinski definition) is 1. The number of nitrogens with zero attached hydrogens (tertiary/aromatic N) is 3. The Morgan fingerprint density at radius 1 is 1.06 bits per heavy atom. The number of aryl methyl sites for hydroxylation is 1. The molecule has 160 valence electrons. The molecule has 0 radical (unpaired) electrons. The number of thioether (sulfide) groups is 1. The number of para-hydroxylation sites is 2. The van der Waals surface area contributed by atoms with Gasteiger partial charge in [-0.05, 0) is 49.6 Å². The van der Waals surface area contributed by atoms with Crippen molar-refractivity contribution >= 4 is 40.5 Å². The Bertz CT molecular complexity index is 1120. The standard InChI is InChI=1S/C23H24N4O3S/c1-15-25-18-9-5-6-10-19(18)26(15)13-12-24-21(28)20(11-14-31-2)27-22(29)16-7-3-4-8-17(16)23(27)30/h3-10,20H,11-14H2,1-2H3,(H,24,28). The largest absolute Gasteiger partial charge is 0.353 e. The first kappa shape index (κ1) is 21.1. The highest BCUT2D eigenvalue weighted by Gasteiger charge is 2.42. The van der Waals surface area contributed by atoms with E-state index in [-0.39, 0.29) is 5.91 Å². The first-order valence-corrected chi connectivity index (χ1v) is 11.6. The Morgan fingerprint density at radius 3 is 2.39 bits per heavy atom. The van der Waals surface area contributed by atoms with Gasteiger partial charge in [-0.15, -0.1) is 0 Å². The van der Waals surface area contributed by atoms with Crippen molar-refractivity contribution in [3.8, 4) is 0 Å². The number of carbonyl (C=O) groups excluding carboxylic acids is 3. The van der Waals surface area contributed by atoms with Crippen LogP contribution in [0.25, 0.3) is 11.0 Å². The lowest BCUT2D eigenvalue weighted by Gasteiger charge is -2.25. The fourth-order valence-corrected chi connectivity index (χ4v) is 4.44. The van der Waals surface area contributed by atoms with Gasteiger partial charge >= 0.3 is 0 Å². The normalized spacial score (nSPS) is 14.2. The molecule has 0 spiro atoms. The van der Waals surface area contributed by atoms with E-state index in [9.17, 15) is 14.4 Å². The number of nitrogens with one attached hydrogen (secondary N) is 1. The summed E-state index contributed by atoms with van der Waals surface area (Å²) >= 11 is 1.58. The lowest BCUT2D eigenvalue weighted by atomic mass is 10.1. The molecule has 1 atom stereocenters. The number of imide groups is 1.